The van der Waals surface area contributed by atoms with Gasteiger partial charge in [0.05, 0.1) is 17.5 Å². The number of benzene rings is 1. The van der Waals surface area contributed by atoms with Crippen molar-refractivity contribution in [3.63, 3.8) is 0 Å². The van der Waals surface area contributed by atoms with Crippen LogP contribution in [0.25, 0.3) is 0 Å². The zero-order valence-electron chi connectivity index (χ0n) is 15.5. The summed E-state index contributed by atoms with van der Waals surface area (Å²) >= 11 is 1.40. The van der Waals surface area contributed by atoms with E-state index in [4.69, 9.17) is 4.74 Å². The maximum atomic E-state index is 12.5. The second-order valence-corrected chi connectivity index (χ2v) is 11.0. The average molecular weight is 409 g/mol. The van der Waals surface area contributed by atoms with Crippen LogP contribution in [0, 0.1) is 0 Å². The minimum atomic E-state index is -3.06. The number of hydrogen-bond acceptors (Lipinski definition) is 5. The maximum Gasteiger partial charge on any atom is 0.277 e. The molecule has 1 aromatic carbocycles. The summed E-state index contributed by atoms with van der Waals surface area (Å²) in [7, 11) is -3.06. The largest absolute Gasteiger partial charge is 0.368 e. The Bertz CT molecular complexity index is 858. The predicted octanol–water partition coefficient (Wildman–Crippen LogP) is 2.59. The van der Waals surface area contributed by atoms with Crippen molar-refractivity contribution >= 4 is 38.4 Å². The smallest absolute Gasteiger partial charge is 0.277 e. The van der Waals surface area contributed by atoms with Gasteiger partial charge < -0.3 is 9.64 Å². The van der Waals surface area contributed by atoms with Crippen LogP contribution < -0.4 is 4.90 Å². The molecule has 3 heterocycles. The third-order valence-corrected chi connectivity index (χ3v) is 8.53. The highest BCUT2D eigenvalue weighted by Crippen LogP contribution is 2.41. The first kappa shape index (κ1) is 19.0. The highest BCUT2D eigenvalue weighted by Gasteiger charge is 2.49. The molecule has 1 amide bonds. The van der Waals surface area contributed by atoms with Gasteiger partial charge in [0.15, 0.2) is 15.0 Å². The Balaban J connectivity index is 1.66. The lowest BCUT2D eigenvalue weighted by Crippen LogP contribution is -2.38. The molecule has 0 aliphatic carbocycles. The summed E-state index contributed by atoms with van der Waals surface area (Å²) in [4.78, 5) is 18.8. The van der Waals surface area contributed by atoms with Crippen molar-refractivity contribution in [2.24, 2.45) is 4.99 Å². The second kappa shape index (κ2) is 7.22. The minimum Gasteiger partial charge on any atom is -0.368 e. The number of rotatable bonds is 3. The van der Waals surface area contributed by atoms with E-state index >= 15 is 0 Å². The lowest BCUT2D eigenvalue weighted by molar-refractivity contribution is -0.126. The first-order chi connectivity index (χ1) is 12.8. The number of hydrogen-bond donors (Lipinski definition) is 0. The van der Waals surface area contributed by atoms with Gasteiger partial charge >= 0.3 is 0 Å². The first-order valence-electron chi connectivity index (χ1n) is 9.34. The van der Waals surface area contributed by atoms with Crippen LogP contribution in [0.2, 0.25) is 0 Å². The van der Waals surface area contributed by atoms with E-state index in [1.807, 2.05) is 17.0 Å². The molecule has 3 atom stereocenters. The fourth-order valence-electron chi connectivity index (χ4n) is 3.82. The number of nitrogens with zero attached hydrogens (tertiary/aromatic N) is 2. The molecule has 146 valence electrons. The van der Waals surface area contributed by atoms with Crippen LogP contribution in [0.5, 0.6) is 0 Å². The first-order valence-corrected chi connectivity index (χ1v) is 12.0. The second-order valence-electron chi connectivity index (χ2n) is 7.65. The molecule has 1 aromatic rings. The number of amides is 1. The topological polar surface area (TPSA) is 76.0 Å². The van der Waals surface area contributed by atoms with Crippen LogP contribution in [0.15, 0.2) is 29.3 Å². The standard InChI is InChI=1S/C19H24N2O4S2/c1-12(2)13-5-7-14(8-6-13)21-15-10-27(23,24)11-17(15)26-19(21)20-18(22)16-4-3-9-25-16/h5-8,12,15-17H,3-4,9-11H2,1-2H3/t15-,16+,17+/m1/s1. The Hall–Kier alpha value is -1.38. The number of aliphatic imine (C=N–C) groups is 1. The summed E-state index contributed by atoms with van der Waals surface area (Å²) in [6.45, 7) is 4.86. The van der Waals surface area contributed by atoms with Gasteiger partial charge in [-0.3, -0.25) is 4.79 Å². The number of amidine groups is 1. The van der Waals surface area contributed by atoms with E-state index in [-0.39, 0.29) is 28.7 Å². The zero-order valence-corrected chi connectivity index (χ0v) is 17.1. The van der Waals surface area contributed by atoms with Crippen LogP contribution >= 0.6 is 11.8 Å². The molecular formula is C19H24N2O4S2. The minimum absolute atomic E-state index is 0.0872. The van der Waals surface area contributed by atoms with Crippen molar-refractivity contribution in [2.75, 3.05) is 23.0 Å². The maximum absolute atomic E-state index is 12.5. The van der Waals surface area contributed by atoms with Crippen molar-refractivity contribution in [1.82, 2.24) is 0 Å². The summed E-state index contributed by atoms with van der Waals surface area (Å²) in [5, 5.41) is 0.508. The molecule has 3 aliphatic rings. The molecule has 8 heteroatoms. The van der Waals surface area contributed by atoms with Crippen molar-refractivity contribution in [2.45, 2.75) is 50.0 Å². The molecule has 0 spiro atoms. The van der Waals surface area contributed by atoms with Crippen molar-refractivity contribution in [3.8, 4) is 0 Å². The zero-order chi connectivity index (χ0) is 19.2. The number of carbonyl (C=O) groups is 1. The van der Waals surface area contributed by atoms with E-state index in [1.54, 1.807) is 0 Å². The Morgan fingerprint density at radius 3 is 2.63 bits per heavy atom. The molecule has 0 bridgehead atoms. The Kier molecular flexibility index (Phi) is 5.07. The van der Waals surface area contributed by atoms with Gasteiger partial charge in [0.1, 0.15) is 6.10 Å². The summed E-state index contributed by atoms with van der Waals surface area (Å²) in [5.74, 6) is 0.391. The highest BCUT2D eigenvalue weighted by atomic mass is 32.2. The fourth-order valence-corrected chi connectivity index (χ4v) is 7.74. The van der Waals surface area contributed by atoms with Gasteiger partial charge in [0.25, 0.3) is 5.91 Å². The number of anilines is 1. The average Bonchev–Trinajstić information content (AvgIpc) is 3.29. The molecule has 0 aromatic heterocycles. The molecule has 3 aliphatic heterocycles. The van der Waals surface area contributed by atoms with Gasteiger partial charge in [-0.05, 0) is 36.5 Å². The van der Waals surface area contributed by atoms with E-state index in [1.165, 1.54) is 17.3 Å². The van der Waals surface area contributed by atoms with Crippen LogP contribution in [0.4, 0.5) is 5.69 Å². The molecule has 4 rings (SSSR count). The van der Waals surface area contributed by atoms with Gasteiger partial charge in [-0.15, -0.1) is 0 Å². The van der Waals surface area contributed by atoms with E-state index < -0.39 is 15.9 Å². The molecule has 0 radical (unpaired) electrons. The van der Waals surface area contributed by atoms with E-state index in [9.17, 15) is 13.2 Å². The Labute approximate surface area is 164 Å². The summed E-state index contributed by atoms with van der Waals surface area (Å²) in [6.07, 6.45) is 1.11. The highest BCUT2D eigenvalue weighted by molar-refractivity contribution is 8.16. The fraction of sp³-hybridized carbons (Fsp3) is 0.579. The van der Waals surface area contributed by atoms with Crippen LogP contribution in [-0.4, -0.2) is 55.0 Å². The van der Waals surface area contributed by atoms with E-state index in [2.05, 4.69) is 31.0 Å². The SMILES string of the molecule is CC(C)c1ccc(N2C(=NC(=O)[C@@H]3CCCO3)S[C@H]3CS(=O)(=O)C[C@H]32)cc1. The van der Waals surface area contributed by atoms with E-state index in [0.29, 0.717) is 24.1 Å². The predicted molar refractivity (Wildman–Crippen MR) is 108 cm³/mol. The van der Waals surface area contributed by atoms with Crippen LogP contribution in [0.3, 0.4) is 0 Å². The number of thioether (sulfide) groups is 1. The van der Waals surface area contributed by atoms with Gasteiger partial charge in [-0.1, -0.05) is 37.7 Å². The normalized spacial score (nSPS) is 31.0. The number of sulfone groups is 1. The third-order valence-electron chi connectivity index (χ3n) is 5.32. The van der Waals surface area contributed by atoms with Crippen LogP contribution in [-0.2, 0) is 19.4 Å². The molecule has 3 fully saturated rings. The number of fused-ring (bicyclic) bond motifs is 1. The summed E-state index contributed by atoms with van der Waals surface area (Å²) in [5.41, 5.74) is 2.10. The number of carbonyl (C=O) groups excluding carboxylic acids is 1. The van der Waals surface area contributed by atoms with Gasteiger partial charge in [0.2, 0.25) is 0 Å². The Morgan fingerprint density at radius 1 is 1.26 bits per heavy atom. The van der Waals surface area contributed by atoms with Crippen LogP contribution in [0.1, 0.15) is 38.2 Å². The van der Waals surface area contributed by atoms with Crippen molar-refractivity contribution in [1.29, 1.82) is 0 Å². The van der Waals surface area contributed by atoms with Gasteiger partial charge in [-0.2, -0.15) is 4.99 Å². The van der Waals surface area contributed by atoms with Gasteiger partial charge in [0, 0.05) is 17.5 Å². The summed E-state index contributed by atoms with van der Waals surface area (Å²) < 4.78 is 29.7. The molecule has 3 saturated heterocycles. The molecule has 6 nitrogen and oxygen atoms in total. The van der Waals surface area contributed by atoms with Crippen molar-refractivity contribution in [3.05, 3.63) is 29.8 Å². The number of ether oxygens (including phenoxy) is 1. The molecular weight excluding hydrogens is 384 g/mol. The lowest BCUT2D eigenvalue weighted by Gasteiger charge is -2.25. The van der Waals surface area contributed by atoms with Gasteiger partial charge in [-0.25, -0.2) is 8.42 Å². The molecule has 0 saturated carbocycles. The molecule has 0 unspecified atom stereocenters. The summed E-state index contributed by atoms with van der Waals surface area (Å²) in [6, 6.07) is 7.92. The monoisotopic (exact) mass is 408 g/mol. The van der Waals surface area contributed by atoms with E-state index in [0.717, 1.165) is 12.1 Å². The third kappa shape index (κ3) is 3.79. The van der Waals surface area contributed by atoms with Crippen molar-refractivity contribution < 1.29 is 17.9 Å². The Morgan fingerprint density at radius 2 is 2.00 bits per heavy atom. The molecule has 27 heavy (non-hydrogen) atoms. The lowest BCUT2D eigenvalue weighted by atomic mass is 10.0. The molecule has 0 N–H and O–H groups in total. The quantitative estimate of drug-likeness (QED) is 0.765.